The van der Waals surface area contributed by atoms with E-state index < -0.39 is 0 Å². The molecule has 0 spiro atoms. The van der Waals surface area contributed by atoms with Gasteiger partial charge in [-0.05, 0) is 62.7 Å². The molecule has 2 amide bonds. The SMILES string of the molecule is CCN(CC)CCCNC(=O)CN1C(=O)/C(=C\c2cccc(Br)c2)SC2CCCCC21. The number of carbonyl (C=O) groups is 2. The van der Waals surface area contributed by atoms with Crippen molar-refractivity contribution in [2.75, 3.05) is 32.7 Å². The maximum absolute atomic E-state index is 13.3. The van der Waals surface area contributed by atoms with Gasteiger partial charge in [-0.1, -0.05) is 54.8 Å². The molecule has 31 heavy (non-hydrogen) atoms. The molecule has 3 rings (SSSR count). The predicted octanol–water partition coefficient (Wildman–Crippen LogP) is 4.52. The van der Waals surface area contributed by atoms with Gasteiger partial charge in [0.25, 0.3) is 5.91 Å². The van der Waals surface area contributed by atoms with Gasteiger partial charge in [-0.2, -0.15) is 0 Å². The van der Waals surface area contributed by atoms with E-state index in [9.17, 15) is 9.59 Å². The van der Waals surface area contributed by atoms with E-state index in [0.29, 0.717) is 11.8 Å². The van der Waals surface area contributed by atoms with Gasteiger partial charge in [0, 0.05) is 22.3 Å². The van der Waals surface area contributed by atoms with Crippen molar-refractivity contribution in [2.45, 2.75) is 57.2 Å². The molecule has 2 unspecified atom stereocenters. The summed E-state index contributed by atoms with van der Waals surface area (Å²) in [4.78, 5) is 30.9. The summed E-state index contributed by atoms with van der Waals surface area (Å²) in [5, 5.41) is 3.40. The average molecular weight is 509 g/mol. The number of hydrogen-bond acceptors (Lipinski definition) is 4. The predicted molar refractivity (Wildman–Crippen MR) is 133 cm³/mol. The Morgan fingerprint density at radius 3 is 2.81 bits per heavy atom. The normalized spacial score (nSPS) is 22.6. The molecule has 1 heterocycles. The molecule has 0 radical (unpaired) electrons. The van der Waals surface area contributed by atoms with Gasteiger partial charge < -0.3 is 15.1 Å². The van der Waals surface area contributed by atoms with Crippen molar-refractivity contribution < 1.29 is 9.59 Å². The summed E-state index contributed by atoms with van der Waals surface area (Å²) in [5.74, 6) is -0.0580. The molecule has 1 aliphatic carbocycles. The van der Waals surface area contributed by atoms with Crippen LogP contribution in [0.3, 0.4) is 0 Å². The van der Waals surface area contributed by atoms with Crippen LogP contribution in [0, 0.1) is 0 Å². The Bertz CT molecular complexity index is 797. The van der Waals surface area contributed by atoms with Gasteiger partial charge in [-0.3, -0.25) is 9.59 Å². The van der Waals surface area contributed by atoms with E-state index in [1.807, 2.05) is 35.2 Å². The zero-order valence-corrected chi connectivity index (χ0v) is 21.0. The molecule has 0 aromatic heterocycles. The highest BCUT2D eigenvalue weighted by molar-refractivity contribution is 9.10. The van der Waals surface area contributed by atoms with Gasteiger partial charge in [0.1, 0.15) is 6.54 Å². The van der Waals surface area contributed by atoms with Crippen LogP contribution in [0.2, 0.25) is 0 Å². The lowest BCUT2D eigenvalue weighted by Crippen LogP contribution is -2.54. The van der Waals surface area contributed by atoms with Crippen molar-refractivity contribution >= 4 is 45.6 Å². The molecular weight excluding hydrogens is 474 g/mol. The van der Waals surface area contributed by atoms with E-state index >= 15 is 0 Å². The molecule has 1 saturated heterocycles. The standard InChI is InChI=1S/C24H34BrN3O2S/c1-3-27(4-2)14-8-13-26-23(29)17-28-20-11-5-6-12-21(20)31-22(24(28)30)16-18-9-7-10-19(25)15-18/h7,9-10,15-16,20-21H,3-6,8,11-14,17H2,1-2H3,(H,26,29)/b22-16+. The first kappa shape index (κ1) is 24.3. The molecule has 0 bridgehead atoms. The molecule has 1 saturated carbocycles. The Morgan fingerprint density at radius 1 is 1.29 bits per heavy atom. The first-order valence-corrected chi connectivity index (χ1v) is 13.1. The monoisotopic (exact) mass is 507 g/mol. The molecule has 1 aliphatic heterocycles. The first-order valence-electron chi connectivity index (χ1n) is 11.5. The van der Waals surface area contributed by atoms with Gasteiger partial charge in [0.2, 0.25) is 5.91 Å². The number of halogens is 1. The van der Waals surface area contributed by atoms with Crippen molar-refractivity contribution in [1.29, 1.82) is 0 Å². The highest BCUT2D eigenvalue weighted by Gasteiger charge is 2.41. The van der Waals surface area contributed by atoms with E-state index in [4.69, 9.17) is 0 Å². The Hall–Kier alpha value is -1.31. The molecule has 1 aromatic carbocycles. The Kier molecular flexibility index (Phi) is 9.48. The minimum atomic E-state index is -0.0501. The third-order valence-electron chi connectivity index (χ3n) is 6.15. The topological polar surface area (TPSA) is 52.7 Å². The summed E-state index contributed by atoms with van der Waals surface area (Å²) in [6, 6.07) is 8.13. The van der Waals surface area contributed by atoms with Crippen molar-refractivity contribution in [3.05, 3.63) is 39.2 Å². The van der Waals surface area contributed by atoms with Crippen molar-refractivity contribution in [3.63, 3.8) is 0 Å². The van der Waals surface area contributed by atoms with Crippen LogP contribution >= 0.6 is 27.7 Å². The molecular formula is C24H34BrN3O2S. The fourth-order valence-electron chi connectivity index (χ4n) is 4.39. The fraction of sp³-hybridized carbons (Fsp3) is 0.583. The smallest absolute Gasteiger partial charge is 0.261 e. The summed E-state index contributed by atoms with van der Waals surface area (Å²) in [7, 11) is 0. The number of amides is 2. The number of hydrogen-bond donors (Lipinski definition) is 1. The van der Waals surface area contributed by atoms with Gasteiger partial charge in [0.15, 0.2) is 0 Å². The summed E-state index contributed by atoms with van der Waals surface area (Å²) in [6.45, 7) is 8.16. The summed E-state index contributed by atoms with van der Waals surface area (Å²) >= 11 is 5.20. The quantitative estimate of drug-likeness (QED) is 0.394. The fourth-order valence-corrected chi connectivity index (χ4v) is 6.28. The van der Waals surface area contributed by atoms with Crippen LogP contribution in [0.1, 0.15) is 51.5 Å². The van der Waals surface area contributed by atoms with Gasteiger partial charge in [-0.25, -0.2) is 0 Å². The third-order valence-corrected chi connectivity index (χ3v) is 8.04. The van der Waals surface area contributed by atoms with Crippen molar-refractivity contribution in [3.8, 4) is 0 Å². The van der Waals surface area contributed by atoms with Gasteiger partial charge in [-0.15, -0.1) is 11.8 Å². The molecule has 2 aliphatic rings. The lowest BCUT2D eigenvalue weighted by molar-refractivity contribution is -0.135. The molecule has 7 heteroatoms. The van der Waals surface area contributed by atoms with Crippen LogP contribution in [-0.4, -0.2) is 65.6 Å². The number of nitrogens with zero attached hydrogens (tertiary/aromatic N) is 2. The number of nitrogens with one attached hydrogen (secondary N) is 1. The largest absolute Gasteiger partial charge is 0.355 e. The molecule has 1 aromatic rings. The molecule has 5 nitrogen and oxygen atoms in total. The van der Waals surface area contributed by atoms with E-state index in [1.54, 1.807) is 11.8 Å². The van der Waals surface area contributed by atoms with Crippen LogP contribution in [0.5, 0.6) is 0 Å². The Labute approximate surface area is 199 Å². The summed E-state index contributed by atoms with van der Waals surface area (Å²) < 4.78 is 0.992. The molecule has 2 fully saturated rings. The summed E-state index contributed by atoms with van der Waals surface area (Å²) in [6.07, 6.45) is 7.30. The first-order chi connectivity index (χ1) is 15.0. The van der Waals surface area contributed by atoms with E-state index in [-0.39, 0.29) is 24.4 Å². The number of fused-ring (bicyclic) bond motifs is 1. The summed E-state index contributed by atoms with van der Waals surface area (Å²) in [5.41, 5.74) is 1.00. The van der Waals surface area contributed by atoms with Gasteiger partial charge >= 0.3 is 0 Å². The molecule has 170 valence electrons. The van der Waals surface area contributed by atoms with Crippen molar-refractivity contribution in [2.24, 2.45) is 0 Å². The zero-order chi connectivity index (χ0) is 22.2. The average Bonchev–Trinajstić information content (AvgIpc) is 2.77. The van der Waals surface area contributed by atoms with Crippen LogP contribution in [-0.2, 0) is 9.59 Å². The van der Waals surface area contributed by atoms with Crippen LogP contribution in [0.25, 0.3) is 6.08 Å². The second-order valence-corrected chi connectivity index (χ2v) is 10.4. The van der Waals surface area contributed by atoms with E-state index in [0.717, 1.165) is 60.3 Å². The second kappa shape index (κ2) is 12.1. The number of carbonyl (C=O) groups excluding carboxylic acids is 2. The Morgan fingerprint density at radius 2 is 2.06 bits per heavy atom. The second-order valence-electron chi connectivity index (χ2n) is 8.24. The lowest BCUT2D eigenvalue weighted by atomic mass is 9.93. The zero-order valence-electron chi connectivity index (χ0n) is 18.6. The van der Waals surface area contributed by atoms with E-state index in [1.165, 1.54) is 6.42 Å². The van der Waals surface area contributed by atoms with Crippen LogP contribution in [0.4, 0.5) is 0 Å². The van der Waals surface area contributed by atoms with Gasteiger partial charge in [0.05, 0.1) is 4.91 Å². The highest BCUT2D eigenvalue weighted by atomic mass is 79.9. The maximum Gasteiger partial charge on any atom is 0.261 e. The third kappa shape index (κ3) is 6.83. The molecule has 1 N–H and O–H groups in total. The number of thioether (sulfide) groups is 1. The number of rotatable bonds is 9. The van der Waals surface area contributed by atoms with Crippen LogP contribution in [0.15, 0.2) is 33.6 Å². The van der Waals surface area contributed by atoms with Crippen LogP contribution < -0.4 is 5.32 Å². The maximum atomic E-state index is 13.3. The Balaban J connectivity index is 1.65. The highest BCUT2D eigenvalue weighted by Crippen LogP contribution is 2.42. The van der Waals surface area contributed by atoms with Crippen molar-refractivity contribution in [1.82, 2.24) is 15.1 Å². The minimum Gasteiger partial charge on any atom is -0.355 e. The minimum absolute atomic E-state index is 0.00795. The molecule has 2 atom stereocenters. The number of benzene rings is 1. The van der Waals surface area contributed by atoms with E-state index in [2.05, 4.69) is 40.0 Å². The lowest BCUT2D eigenvalue weighted by Gasteiger charge is -2.43.